The molecule has 0 spiro atoms. The lowest BCUT2D eigenvalue weighted by atomic mass is 10.2. The molecule has 0 unspecified atom stereocenters. The monoisotopic (exact) mass is 449 g/mol. The Morgan fingerprint density at radius 1 is 1.12 bits per heavy atom. The molecule has 168 valence electrons. The summed E-state index contributed by atoms with van der Waals surface area (Å²) in [6.07, 6.45) is 2.67. The third-order valence-electron chi connectivity index (χ3n) is 5.00. The number of hydrogen-bond donors (Lipinski definition) is 2. The molecule has 0 bridgehead atoms. The molecule has 12 heteroatoms. The van der Waals surface area contributed by atoms with Crippen LogP contribution in [0.3, 0.4) is 0 Å². The highest BCUT2D eigenvalue weighted by Crippen LogP contribution is 2.21. The fourth-order valence-corrected chi connectivity index (χ4v) is 3.35. The predicted molar refractivity (Wildman–Crippen MR) is 117 cm³/mol. The summed E-state index contributed by atoms with van der Waals surface area (Å²) in [6, 6.07) is 10.9. The number of nitriles is 1. The third kappa shape index (κ3) is 5.40. The average Bonchev–Trinajstić information content (AvgIpc) is 3.34. The van der Waals surface area contributed by atoms with Gasteiger partial charge in [0.25, 0.3) is 0 Å². The van der Waals surface area contributed by atoms with E-state index < -0.39 is 11.7 Å². The van der Waals surface area contributed by atoms with Crippen LogP contribution in [0.4, 0.5) is 26.4 Å². The highest BCUT2D eigenvalue weighted by molar-refractivity contribution is 5.93. The number of pyridine rings is 1. The molecule has 0 radical (unpaired) electrons. The molecule has 3 aromatic rings. The van der Waals surface area contributed by atoms with Crippen molar-refractivity contribution in [2.75, 3.05) is 41.7 Å². The summed E-state index contributed by atoms with van der Waals surface area (Å²) in [6.45, 7) is 1.90. The van der Waals surface area contributed by atoms with Crippen molar-refractivity contribution in [3.63, 3.8) is 0 Å². The van der Waals surface area contributed by atoms with Gasteiger partial charge in [-0.3, -0.25) is 4.79 Å². The van der Waals surface area contributed by atoms with E-state index >= 15 is 0 Å². The van der Waals surface area contributed by atoms with E-state index in [9.17, 15) is 14.0 Å². The number of urea groups is 1. The maximum absolute atomic E-state index is 14.2. The van der Waals surface area contributed by atoms with Gasteiger partial charge in [-0.1, -0.05) is 6.07 Å². The van der Waals surface area contributed by atoms with Crippen LogP contribution in [0.25, 0.3) is 0 Å². The molecule has 1 aliphatic rings. The Balaban J connectivity index is 1.33. The summed E-state index contributed by atoms with van der Waals surface area (Å²) >= 11 is 0. The van der Waals surface area contributed by atoms with Crippen LogP contribution >= 0.6 is 0 Å². The fraction of sp³-hybridized carbons (Fsp3) is 0.238. The quantitative estimate of drug-likeness (QED) is 0.606. The molecule has 2 aromatic heterocycles. The van der Waals surface area contributed by atoms with Crippen molar-refractivity contribution in [1.82, 2.24) is 24.6 Å². The van der Waals surface area contributed by atoms with Gasteiger partial charge in [0.05, 0.1) is 5.69 Å². The normalized spacial score (nSPS) is 13.3. The smallest absolute Gasteiger partial charge is 0.321 e. The second-order valence-corrected chi connectivity index (χ2v) is 7.23. The number of carbonyl (C=O) groups is 2. The molecule has 1 saturated heterocycles. The maximum Gasteiger partial charge on any atom is 0.321 e. The summed E-state index contributed by atoms with van der Waals surface area (Å²) in [5, 5.41) is 18.0. The first kappa shape index (κ1) is 21.7. The molecule has 1 fully saturated rings. The zero-order valence-electron chi connectivity index (χ0n) is 17.5. The Bertz CT molecular complexity index is 1180. The first-order valence-electron chi connectivity index (χ1n) is 10.1. The molecule has 0 aliphatic carbocycles. The predicted octanol–water partition coefficient (Wildman–Crippen LogP) is 1.68. The van der Waals surface area contributed by atoms with Gasteiger partial charge < -0.3 is 20.4 Å². The van der Waals surface area contributed by atoms with E-state index in [1.54, 1.807) is 17.0 Å². The van der Waals surface area contributed by atoms with Gasteiger partial charge in [-0.15, -0.1) is 0 Å². The summed E-state index contributed by atoms with van der Waals surface area (Å²) in [4.78, 5) is 36.5. The molecular weight excluding hydrogens is 429 g/mol. The number of rotatable bonds is 5. The summed E-state index contributed by atoms with van der Waals surface area (Å²) in [5.41, 5.74) is 0.641. The van der Waals surface area contributed by atoms with Crippen molar-refractivity contribution >= 4 is 29.1 Å². The second kappa shape index (κ2) is 9.73. The number of amides is 3. The van der Waals surface area contributed by atoms with Gasteiger partial charge in [-0.25, -0.2) is 23.8 Å². The first-order chi connectivity index (χ1) is 16.0. The van der Waals surface area contributed by atoms with Gasteiger partial charge >= 0.3 is 6.03 Å². The van der Waals surface area contributed by atoms with Crippen LogP contribution in [0.2, 0.25) is 0 Å². The number of piperazine rings is 1. The van der Waals surface area contributed by atoms with E-state index in [1.165, 1.54) is 35.5 Å². The summed E-state index contributed by atoms with van der Waals surface area (Å²) in [5.74, 6) is -0.410. The second-order valence-electron chi connectivity index (χ2n) is 7.23. The number of anilines is 3. The van der Waals surface area contributed by atoms with Crippen molar-refractivity contribution in [2.45, 2.75) is 6.54 Å². The van der Waals surface area contributed by atoms with Crippen LogP contribution in [0, 0.1) is 17.1 Å². The number of aromatic nitrogens is 4. The molecule has 11 nitrogen and oxygen atoms in total. The molecule has 3 amide bonds. The van der Waals surface area contributed by atoms with Crippen LogP contribution in [-0.2, 0) is 11.3 Å². The van der Waals surface area contributed by atoms with Crippen molar-refractivity contribution in [3.8, 4) is 6.07 Å². The van der Waals surface area contributed by atoms with Gasteiger partial charge in [0.15, 0.2) is 0 Å². The average molecular weight is 449 g/mol. The summed E-state index contributed by atoms with van der Waals surface area (Å²) < 4.78 is 15.5. The highest BCUT2D eigenvalue weighted by atomic mass is 19.1. The van der Waals surface area contributed by atoms with Gasteiger partial charge in [-0.05, 0) is 30.3 Å². The van der Waals surface area contributed by atoms with Crippen molar-refractivity contribution in [3.05, 3.63) is 60.6 Å². The molecule has 0 atom stereocenters. The van der Waals surface area contributed by atoms with Crippen LogP contribution < -0.4 is 15.5 Å². The minimum absolute atomic E-state index is 0.0498. The standard InChI is InChI=1S/C21H20FN9O2/c22-17-5-4-15(10-18(17)28-20(32)12-31-14-24-13-25-31)27-21(33)30-8-6-29(7-9-30)19-3-1-2-16(11-23)26-19/h1-5,10,13-14H,6-9,12H2,(H,27,33)(H,28,32). The SMILES string of the molecule is N#Cc1cccc(N2CCN(C(=O)Nc3ccc(F)c(NC(=O)Cn4cncn4)c3)CC2)n1. The Labute approximate surface area is 188 Å². The fourth-order valence-electron chi connectivity index (χ4n) is 3.35. The molecule has 2 N–H and O–H groups in total. The Hall–Kier alpha value is -4.53. The molecular formula is C21H20FN9O2. The van der Waals surface area contributed by atoms with Crippen molar-refractivity contribution < 1.29 is 14.0 Å². The number of halogens is 1. The van der Waals surface area contributed by atoms with E-state index in [-0.39, 0.29) is 18.3 Å². The number of hydrogen-bond acceptors (Lipinski definition) is 7. The van der Waals surface area contributed by atoms with Crippen LogP contribution in [0.1, 0.15) is 5.69 Å². The van der Waals surface area contributed by atoms with Gasteiger partial charge in [0, 0.05) is 31.9 Å². The number of nitrogens with zero attached hydrogens (tertiary/aromatic N) is 7. The largest absolute Gasteiger partial charge is 0.353 e. The molecule has 1 aliphatic heterocycles. The third-order valence-corrected chi connectivity index (χ3v) is 5.00. The lowest BCUT2D eigenvalue weighted by Crippen LogP contribution is -2.50. The van der Waals surface area contributed by atoms with E-state index in [4.69, 9.17) is 5.26 Å². The Kier molecular flexibility index (Phi) is 6.40. The number of benzene rings is 1. The molecule has 3 heterocycles. The van der Waals surface area contributed by atoms with Crippen molar-refractivity contribution in [2.24, 2.45) is 0 Å². The lowest BCUT2D eigenvalue weighted by Gasteiger charge is -2.35. The minimum atomic E-state index is -0.624. The molecule has 1 aromatic carbocycles. The minimum Gasteiger partial charge on any atom is -0.353 e. The van der Waals surface area contributed by atoms with Crippen LogP contribution in [0.5, 0.6) is 0 Å². The number of carbonyl (C=O) groups excluding carboxylic acids is 2. The Morgan fingerprint density at radius 2 is 1.94 bits per heavy atom. The highest BCUT2D eigenvalue weighted by Gasteiger charge is 2.22. The first-order valence-corrected chi connectivity index (χ1v) is 10.1. The molecule has 4 rings (SSSR count). The zero-order chi connectivity index (χ0) is 23.2. The molecule has 0 saturated carbocycles. The van der Waals surface area contributed by atoms with Gasteiger partial charge in [0.1, 0.15) is 42.6 Å². The van der Waals surface area contributed by atoms with Crippen LogP contribution in [-0.4, -0.2) is 62.8 Å². The molecule has 33 heavy (non-hydrogen) atoms. The van der Waals surface area contributed by atoms with E-state index in [1.807, 2.05) is 17.0 Å². The Morgan fingerprint density at radius 3 is 2.67 bits per heavy atom. The topological polar surface area (TPSA) is 132 Å². The van der Waals surface area contributed by atoms with Gasteiger partial charge in [-0.2, -0.15) is 10.4 Å². The summed E-state index contributed by atoms with van der Waals surface area (Å²) in [7, 11) is 0. The van der Waals surface area contributed by atoms with E-state index in [0.717, 1.165) is 0 Å². The number of nitrogens with one attached hydrogen (secondary N) is 2. The van der Waals surface area contributed by atoms with Gasteiger partial charge in [0.2, 0.25) is 5.91 Å². The lowest BCUT2D eigenvalue weighted by molar-refractivity contribution is -0.116. The van der Waals surface area contributed by atoms with Crippen molar-refractivity contribution in [1.29, 1.82) is 5.26 Å². The van der Waals surface area contributed by atoms with Crippen LogP contribution in [0.15, 0.2) is 49.1 Å². The zero-order valence-corrected chi connectivity index (χ0v) is 17.5. The van der Waals surface area contributed by atoms with E-state index in [2.05, 4.69) is 25.7 Å². The van der Waals surface area contributed by atoms with E-state index in [0.29, 0.717) is 43.4 Å². The maximum atomic E-state index is 14.2.